The number of carbonyl (C=O) groups excluding carboxylic acids is 1. The molecule has 1 saturated carbocycles. The van der Waals surface area contributed by atoms with Gasteiger partial charge >= 0.3 is 6.09 Å². The van der Waals surface area contributed by atoms with Crippen molar-refractivity contribution >= 4 is 22.0 Å². The Kier molecular flexibility index (Phi) is 5.60. The fraction of sp³-hybridized carbons (Fsp3) is 0.750. The zero-order valence-corrected chi connectivity index (χ0v) is 16.1. The summed E-state index contributed by atoms with van der Waals surface area (Å²) in [6.07, 6.45) is 4.80. The highest BCUT2D eigenvalue weighted by atomic mass is 79.9. The molecule has 1 aliphatic rings. The summed E-state index contributed by atoms with van der Waals surface area (Å²) in [5, 5.41) is 4.17. The third-order valence-corrected chi connectivity index (χ3v) is 4.48. The molecule has 1 amide bonds. The van der Waals surface area contributed by atoms with Gasteiger partial charge in [-0.2, -0.15) is 5.10 Å². The fourth-order valence-corrected chi connectivity index (χ4v) is 2.90. The zero-order valence-electron chi connectivity index (χ0n) is 14.5. The van der Waals surface area contributed by atoms with Crippen LogP contribution in [0.25, 0.3) is 0 Å². The second-order valence-corrected chi connectivity index (χ2v) is 7.98. The van der Waals surface area contributed by atoms with Crippen molar-refractivity contribution in [1.29, 1.82) is 0 Å². The molecular formula is C16H26BrN3O3. The molecular weight excluding hydrogens is 362 g/mol. The third kappa shape index (κ3) is 4.86. The van der Waals surface area contributed by atoms with E-state index in [2.05, 4.69) is 21.0 Å². The Morgan fingerprint density at radius 1 is 1.52 bits per heavy atom. The summed E-state index contributed by atoms with van der Waals surface area (Å²) in [6.45, 7) is 6.10. The Morgan fingerprint density at radius 2 is 2.17 bits per heavy atom. The van der Waals surface area contributed by atoms with Gasteiger partial charge in [-0.05, 0) is 55.5 Å². The molecule has 1 unspecified atom stereocenters. The second-order valence-electron chi connectivity index (χ2n) is 7.13. The Hall–Kier alpha value is -1.24. The van der Waals surface area contributed by atoms with Gasteiger partial charge in [-0.15, -0.1) is 0 Å². The largest absolute Gasteiger partial charge is 0.472 e. The van der Waals surface area contributed by atoms with Crippen molar-refractivity contribution < 1.29 is 14.3 Å². The van der Waals surface area contributed by atoms with Crippen molar-refractivity contribution in [2.45, 2.75) is 51.7 Å². The van der Waals surface area contributed by atoms with Gasteiger partial charge in [0.05, 0.1) is 17.2 Å². The molecule has 130 valence electrons. The average Bonchev–Trinajstić information content (AvgIpc) is 2.66. The molecule has 0 aliphatic heterocycles. The monoisotopic (exact) mass is 387 g/mol. The van der Waals surface area contributed by atoms with Crippen LogP contribution in [0.1, 0.15) is 40.0 Å². The first kappa shape index (κ1) is 18.1. The minimum atomic E-state index is -0.497. The van der Waals surface area contributed by atoms with Crippen molar-refractivity contribution in [3.8, 4) is 5.88 Å². The topological polar surface area (TPSA) is 56.6 Å². The van der Waals surface area contributed by atoms with Gasteiger partial charge in [0.25, 0.3) is 0 Å². The summed E-state index contributed by atoms with van der Waals surface area (Å²) in [5.74, 6) is 1.15. The summed E-state index contributed by atoms with van der Waals surface area (Å²) in [5.41, 5.74) is -0.497. The van der Waals surface area contributed by atoms with Crippen LogP contribution in [-0.2, 0) is 11.8 Å². The van der Waals surface area contributed by atoms with Crippen LogP contribution in [0.3, 0.4) is 0 Å². The predicted molar refractivity (Wildman–Crippen MR) is 91.5 cm³/mol. The number of ether oxygens (including phenoxy) is 2. The molecule has 1 fully saturated rings. The quantitative estimate of drug-likeness (QED) is 0.774. The Labute approximate surface area is 146 Å². The lowest BCUT2D eigenvalue weighted by Crippen LogP contribution is -2.45. The molecule has 0 radical (unpaired) electrons. The van der Waals surface area contributed by atoms with Gasteiger partial charge in [-0.25, -0.2) is 9.48 Å². The Balaban J connectivity index is 2.03. The molecule has 23 heavy (non-hydrogen) atoms. The van der Waals surface area contributed by atoms with Crippen LogP contribution in [0.4, 0.5) is 4.79 Å². The van der Waals surface area contributed by atoms with E-state index >= 15 is 0 Å². The zero-order chi connectivity index (χ0) is 17.2. The number of aromatic nitrogens is 2. The van der Waals surface area contributed by atoms with Crippen LogP contribution >= 0.6 is 15.9 Å². The van der Waals surface area contributed by atoms with Crippen molar-refractivity contribution in [2.75, 3.05) is 13.6 Å². The first-order valence-corrected chi connectivity index (χ1v) is 8.75. The van der Waals surface area contributed by atoms with Gasteiger partial charge in [0.2, 0.25) is 5.88 Å². The maximum atomic E-state index is 12.2. The predicted octanol–water partition coefficient (Wildman–Crippen LogP) is 3.60. The molecule has 2 rings (SSSR count). The molecule has 1 heterocycles. The van der Waals surface area contributed by atoms with Crippen molar-refractivity contribution in [3.63, 3.8) is 0 Å². The van der Waals surface area contributed by atoms with E-state index in [0.717, 1.165) is 17.3 Å². The number of hydrogen-bond donors (Lipinski definition) is 0. The number of halogens is 1. The Morgan fingerprint density at radius 3 is 2.61 bits per heavy atom. The molecule has 0 N–H and O–H groups in total. The summed E-state index contributed by atoms with van der Waals surface area (Å²) in [7, 11) is 3.59. The van der Waals surface area contributed by atoms with E-state index in [9.17, 15) is 4.79 Å². The number of nitrogens with zero attached hydrogens (tertiary/aromatic N) is 3. The van der Waals surface area contributed by atoms with Gasteiger partial charge in [-0.3, -0.25) is 0 Å². The summed E-state index contributed by atoms with van der Waals surface area (Å²) >= 11 is 3.46. The van der Waals surface area contributed by atoms with E-state index in [1.165, 1.54) is 6.42 Å². The van der Waals surface area contributed by atoms with E-state index in [4.69, 9.17) is 9.47 Å². The van der Waals surface area contributed by atoms with Crippen LogP contribution in [0, 0.1) is 5.92 Å². The molecule has 0 aromatic carbocycles. The lowest BCUT2D eigenvalue weighted by Gasteiger charge is -2.36. The second kappa shape index (κ2) is 7.11. The average molecular weight is 388 g/mol. The first-order valence-electron chi connectivity index (χ1n) is 7.95. The van der Waals surface area contributed by atoms with Crippen LogP contribution in [-0.4, -0.2) is 46.1 Å². The molecule has 1 aliphatic carbocycles. The summed E-state index contributed by atoms with van der Waals surface area (Å²) in [4.78, 5) is 13.8. The van der Waals surface area contributed by atoms with E-state index in [1.807, 2.05) is 27.8 Å². The highest BCUT2D eigenvalue weighted by molar-refractivity contribution is 9.10. The molecule has 1 atom stereocenters. The van der Waals surface area contributed by atoms with E-state index in [0.29, 0.717) is 18.3 Å². The number of rotatable bonds is 5. The highest BCUT2D eigenvalue weighted by Crippen LogP contribution is 2.34. The number of likely N-dealkylation sites (N-methyl/N-ethyl adjacent to an activating group) is 1. The van der Waals surface area contributed by atoms with Gasteiger partial charge in [0.15, 0.2) is 0 Å². The highest BCUT2D eigenvalue weighted by Gasteiger charge is 2.33. The third-order valence-electron chi connectivity index (χ3n) is 3.94. The van der Waals surface area contributed by atoms with Crippen LogP contribution in [0.5, 0.6) is 5.88 Å². The molecule has 7 heteroatoms. The van der Waals surface area contributed by atoms with Gasteiger partial charge in [0, 0.05) is 14.1 Å². The Bertz CT molecular complexity index is 530. The van der Waals surface area contributed by atoms with Crippen LogP contribution in [0.2, 0.25) is 0 Å². The molecule has 0 saturated heterocycles. The van der Waals surface area contributed by atoms with Gasteiger partial charge in [-0.1, -0.05) is 6.42 Å². The number of carbonyl (C=O) groups is 1. The van der Waals surface area contributed by atoms with Crippen molar-refractivity contribution in [3.05, 3.63) is 10.7 Å². The normalized spacial score (nSPS) is 16.6. The molecule has 0 bridgehead atoms. The number of amides is 1. The smallest absolute Gasteiger partial charge is 0.410 e. The van der Waals surface area contributed by atoms with E-state index in [1.54, 1.807) is 22.8 Å². The lowest BCUT2D eigenvalue weighted by atomic mass is 9.81. The van der Waals surface area contributed by atoms with Gasteiger partial charge < -0.3 is 14.4 Å². The summed E-state index contributed by atoms with van der Waals surface area (Å²) in [6, 6.07) is 0. The maximum Gasteiger partial charge on any atom is 0.410 e. The van der Waals surface area contributed by atoms with Crippen molar-refractivity contribution in [2.24, 2.45) is 13.0 Å². The lowest BCUT2D eigenvalue weighted by molar-refractivity contribution is 0.00893. The fourth-order valence-electron chi connectivity index (χ4n) is 2.45. The first-order chi connectivity index (χ1) is 10.7. The minimum Gasteiger partial charge on any atom is -0.472 e. The van der Waals surface area contributed by atoms with Crippen LogP contribution < -0.4 is 4.74 Å². The SMILES string of the molecule is CN(CC(Oc1c(Br)cnn1C)C1CCC1)C(=O)OC(C)(C)C. The number of aryl methyl sites for hydroxylation is 1. The standard InChI is InChI=1S/C16H26BrN3O3/c1-16(2,3)23-15(21)19(4)10-13(11-7-6-8-11)22-14-12(17)9-18-20(14)5/h9,11,13H,6-8,10H2,1-5H3. The van der Waals surface area contributed by atoms with Crippen molar-refractivity contribution in [1.82, 2.24) is 14.7 Å². The van der Waals surface area contributed by atoms with E-state index < -0.39 is 5.60 Å². The summed E-state index contributed by atoms with van der Waals surface area (Å²) < 4.78 is 14.1. The molecule has 1 aromatic rings. The molecule has 0 spiro atoms. The minimum absolute atomic E-state index is 0.0621. The van der Waals surface area contributed by atoms with E-state index in [-0.39, 0.29) is 12.2 Å². The molecule has 1 aromatic heterocycles. The van der Waals surface area contributed by atoms with Gasteiger partial charge in [0.1, 0.15) is 11.7 Å². The molecule has 6 nitrogen and oxygen atoms in total. The number of hydrogen-bond acceptors (Lipinski definition) is 4. The van der Waals surface area contributed by atoms with Crippen LogP contribution in [0.15, 0.2) is 10.7 Å². The maximum absolute atomic E-state index is 12.2.